The number of urea groups is 1. The van der Waals surface area contributed by atoms with E-state index in [0.29, 0.717) is 22.9 Å². The van der Waals surface area contributed by atoms with Crippen molar-refractivity contribution in [3.05, 3.63) is 113 Å². The zero-order chi connectivity index (χ0) is 32.0. The van der Waals surface area contributed by atoms with Gasteiger partial charge in [-0.1, -0.05) is 41.9 Å². The highest BCUT2D eigenvalue weighted by Crippen LogP contribution is 2.28. The van der Waals surface area contributed by atoms with Gasteiger partial charge in [0.2, 0.25) is 15.9 Å². The number of sulfonamides is 1. The SMILES string of the molecule is CS(=O)(=O)Nc1ccc(Oc2ccc(CN3CCC(N(C(=O)Nc4ccc(Cl)c(C(N)=O)c4)c4ccccc4)CC3)cc2)cc1. The maximum Gasteiger partial charge on any atom is 0.326 e. The second-order valence-electron chi connectivity index (χ2n) is 10.8. The maximum atomic E-state index is 13.6. The molecule has 0 atom stereocenters. The van der Waals surface area contributed by atoms with Crippen molar-refractivity contribution in [2.75, 3.05) is 34.3 Å². The highest BCUT2D eigenvalue weighted by molar-refractivity contribution is 7.92. The zero-order valence-corrected chi connectivity index (χ0v) is 26.2. The van der Waals surface area contributed by atoms with Crippen molar-refractivity contribution in [3.63, 3.8) is 0 Å². The molecule has 4 aromatic rings. The number of likely N-dealkylation sites (tertiary alicyclic amines) is 1. The second kappa shape index (κ2) is 14.0. The molecule has 45 heavy (non-hydrogen) atoms. The number of hydrogen-bond acceptors (Lipinski definition) is 6. The number of amides is 3. The van der Waals surface area contributed by atoms with E-state index in [1.807, 2.05) is 54.6 Å². The van der Waals surface area contributed by atoms with Crippen molar-refractivity contribution in [2.24, 2.45) is 5.73 Å². The molecule has 1 fully saturated rings. The van der Waals surface area contributed by atoms with Crippen LogP contribution in [-0.2, 0) is 16.6 Å². The molecule has 0 spiro atoms. The van der Waals surface area contributed by atoms with Crippen molar-refractivity contribution in [1.29, 1.82) is 0 Å². The molecular weight excluding hydrogens is 614 g/mol. The molecule has 1 aliphatic heterocycles. The lowest BCUT2D eigenvalue weighted by molar-refractivity contribution is 0.100. The van der Waals surface area contributed by atoms with Crippen LogP contribution in [0.1, 0.15) is 28.8 Å². The van der Waals surface area contributed by atoms with Crippen molar-refractivity contribution in [1.82, 2.24) is 4.90 Å². The lowest BCUT2D eigenvalue weighted by atomic mass is 10.0. The molecule has 1 heterocycles. The summed E-state index contributed by atoms with van der Waals surface area (Å²) in [4.78, 5) is 29.5. The van der Waals surface area contributed by atoms with Crippen LogP contribution >= 0.6 is 11.6 Å². The van der Waals surface area contributed by atoms with Crippen LogP contribution in [0.2, 0.25) is 5.02 Å². The number of rotatable bonds is 10. The van der Waals surface area contributed by atoms with Crippen LogP contribution in [0.3, 0.4) is 0 Å². The number of anilines is 3. The quantitative estimate of drug-likeness (QED) is 0.185. The smallest absolute Gasteiger partial charge is 0.326 e. The third kappa shape index (κ3) is 8.75. The van der Waals surface area contributed by atoms with Gasteiger partial charge in [0.15, 0.2) is 0 Å². The second-order valence-corrected chi connectivity index (χ2v) is 13.0. The Morgan fingerprint density at radius 2 is 1.51 bits per heavy atom. The molecule has 0 unspecified atom stereocenters. The molecule has 12 heteroatoms. The molecule has 0 bridgehead atoms. The molecule has 3 amide bonds. The van der Waals surface area contributed by atoms with Crippen LogP contribution in [0, 0.1) is 0 Å². The van der Waals surface area contributed by atoms with Gasteiger partial charge in [-0.2, -0.15) is 0 Å². The van der Waals surface area contributed by atoms with Gasteiger partial charge in [-0.25, -0.2) is 13.2 Å². The molecule has 0 saturated carbocycles. The number of primary amides is 1. The van der Waals surface area contributed by atoms with Gasteiger partial charge in [0.1, 0.15) is 11.5 Å². The Morgan fingerprint density at radius 3 is 2.11 bits per heavy atom. The Balaban J connectivity index is 1.18. The normalized spacial score (nSPS) is 14.0. The van der Waals surface area contributed by atoms with Gasteiger partial charge in [-0.3, -0.25) is 19.3 Å². The predicted molar refractivity (Wildman–Crippen MR) is 178 cm³/mol. The number of carbonyl (C=O) groups is 2. The molecule has 234 valence electrons. The highest BCUT2D eigenvalue weighted by Gasteiger charge is 2.29. The van der Waals surface area contributed by atoms with Gasteiger partial charge in [0.05, 0.1) is 16.8 Å². The summed E-state index contributed by atoms with van der Waals surface area (Å²) in [6.07, 6.45) is 2.66. The van der Waals surface area contributed by atoms with E-state index in [-0.39, 0.29) is 22.7 Å². The van der Waals surface area contributed by atoms with E-state index in [4.69, 9.17) is 22.1 Å². The minimum atomic E-state index is -3.34. The topological polar surface area (TPSA) is 134 Å². The van der Waals surface area contributed by atoms with E-state index < -0.39 is 15.9 Å². The third-order valence-corrected chi connectivity index (χ3v) is 8.32. The fourth-order valence-corrected chi connectivity index (χ4v) is 6.03. The predicted octanol–water partition coefficient (Wildman–Crippen LogP) is 6.31. The summed E-state index contributed by atoms with van der Waals surface area (Å²) in [5.74, 6) is 0.608. The van der Waals surface area contributed by atoms with E-state index in [9.17, 15) is 18.0 Å². The van der Waals surface area contributed by atoms with Crippen molar-refractivity contribution in [2.45, 2.75) is 25.4 Å². The number of para-hydroxylation sites is 1. The Kier molecular flexibility index (Phi) is 9.92. The Morgan fingerprint density at radius 1 is 0.911 bits per heavy atom. The van der Waals surface area contributed by atoms with Crippen LogP contribution in [0.4, 0.5) is 21.9 Å². The average Bonchev–Trinajstić information content (AvgIpc) is 3.01. The van der Waals surface area contributed by atoms with Gasteiger partial charge in [-0.05, 0) is 85.1 Å². The number of benzene rings is 4. The summed E-state index contributed by atoms with van der Waals surface area (Å²) in [5, 5.41) is 3.14. The molecule has 0 aromatic heterocycles. The summed E-state index contributed by atoms with van der Waals surface area (Å²) < 4.78 is 31.1. The highest BCUT2D eigenvalue weighted by atomic mass is 35.5. The average molecular weight is 648 g/mol. The molecule has 1 aliphatic rings. The molecule has 10 nitrogen and oxygen atoms in total. The number of carbonyl (C=O) groups excluding carboxylic acids is 2. The van der Waals surface area contributed by atoms with E-state index >= 15 is 0 Å². The van der Waals surface area contributed by atoms with Crippen molar-refractivity contribution >= 4 is 50.6 Å². The fourth-order valence-electron chi connectivity index (χ4n) is 5.26. The number of ether oxygens (including phenoxy) is 1. The Labute approximate surface area is 267 Å². The van der Waals surface area contributed by atoms with Crippen LogP contribution in [-0.4, -0.2) is 50.6 Å². The van der Waals surface area contributed by atoms with Crippen LogP contribution in [0.5, 0.6) is 11.5 Å². The standard InChI is InChI=1S/C33H34ClN5O5S/c1-45(42,43)37-24-9-14-29(15-10-24)44-28-12-7-23(8-13-28)22-38-19-17-27(18-20-38)39(26-5-3-2-4-6-26)33(41)36-25-11-16-31(34)30(21-25)32(35)40/h2-16,21,27,37H,17-20,22H2,1H3,(H2,35,40)(H,36,41). The number of piperidine rings is 1. The van der Waals surface area contributed by atoms with Crippen LogP contribution in [0.25, 0.3) is 0 Å². The molecular formula is C33H34ClN5O5S. The molecule has 4 aromatic carbocycles. The Hall–Kier alpha value is -4.58. The minimum Gasteiger partial charge on any atom is -0.457 e. The summed E-state index contributed by atoms with van der Waals surface area (Å²) >= 11 is 6.09. The van der Waals surface area contributed by atoms with E-state index in [0.717, 1.165) is 50.0 Å². The summed E-state index contributed by atoms with van der Waals surface area (Å²) in [6, 6.07) is 28.5. The van der Waals surface area contributed by atoms with E-state index in [1.54, 1.807) is 41.3 Å². The number of nitrogens with zero attached hydrogens (tertiary/aromatic N) is 2. The van der Waals surface area contributed by atoms with Gasteiger partial charge >= 0.3 is 6.03 Å². The number of nitrogens with two attached hydrogens (primary N) is 1. The molecule has 0 radical (unpaired) electrons. The summed E-state index contributed by atoms with van der Waals surface area (Å²) in [7, 11) is -3.34. The third-order valence-electron chi connectivity index (χ3n) is 7.38. The Bertz CT molecular complexity index is 1740. The monoisotopic (exact) mass is 647 g/mol. The first-order valence-corrected chi connectivity index (χ1v) is 16.6. The van der Waals surface area contributed by atoms with Crippen molar-refractivity contribution in [3.8, 4) is 11.5 Å². The van der Waals surface area contributed by atoms with Crippen LogP contribution in [0.15, 0.2) is 97.1 Å². The first-order chi connectivity index (χ1) is 21.5. The summed E-state index contributed by atoms with van der Waals surface area (Å²) in [6.45, 7) is 2.37. The molecule has 0 aliphatic carbocycles. The van der Waals surface area contributed by atoms with E-state index in [1.165, 1.54) is 6.07 Å². The molecule has 5 rings (SSSR count). The number of nitrogens with one attached hydrogen (secondary N) is 2. The lowest BCUT2D eigenvalue weighted by Gasteiger charge is -2.38. The maximum absolute atomic E-state index is 13.6. The zero-order valence-electron chi connectivity index (χ0n) is 24.6. The number of hydrogen-bond donors (Lipinski definition) is 3. The minimum absolute atomic E-state index is 0.0265. The van der Waals surface area contributed by atoms with Gasteiger partial charge in [0, 0.05) is 42.7 Å². The van der Waals surface area contributed by atoms with Gasteiger partial charge in [-0.15, -0.1) is 0 Å². The number of halogens is 1. The van der Waals surface area contributed by atoms with Gasteiger partial charge < -0.3 is 15.8 Å². The summed E-state index contributed by atoms with van der Waals surface area (Å²) in [5.41, 5.74) is 8.41. The van der Waals surface area contributed by atoms with E-state index in [2.05, 4.69) is 14.9 Å². The largest absolute Gasteiger partial charge is 0.457 e. The van der Waals surface area contributed by atoms with Gasteiger partial charge in [0.25, 0.3) is 0 Å². The first-order valence-electron chi connectivity index (χ1n) is 14.4. The van der Waals surface area contributed by atoms with Crippen LogP contribution < -0.4 is 25.4 Å². The van der Waals surface area contributed by atoms with Crippen molar-refractivity contribution < 1.29 is 22.7 Å². The first kappa shape index (κ1) is 31.8. The molecule has 1 saturated heterocycles. The fraction of sp³-hybridized carbons (Fsp3) is 0.212. The lowest BCUT2D eigenvalue weighted by Crippen LogP contribution is -2.49. The molecule has 4 N–H and O–H groups in total.